The highest BCUT2D eigenvalue weighted by Gasteiger charge is 2.18. The van der Waals surface area contributed by atoms with Gasteiger partial charge in [-0.15, -0.1) is 0 Å². The van der Waals surface area contributed by atoms with Crippen LogP contribution in [0.2, 0.25) is 5.15 Å². The van der Waals surface area contributed by atoms with E-state index in [1.54, 1.807) is 0 Å². The zero-order chi connectivity index (χ0) is 15.0. The third-order valence-corrected chi connectivity index (χ3v) is 4.45. The van der Waals surface area contributed by atoms with E-state index in [4.69, 9.17) is 16.6 Å². The molecule has 0 unspecified atom stereocenters. The lowest BCUT2D eigenvalue weighted by molar-refractivity contribution is 0.590. The Labute approximate surface area is 131 Å². The van der Waals surface area contributed by atoms with Gasteiger partial charge in [0.1, 0.15) is 5.15 Å². The summed E-state index contributed by atoms with van der Waals surface area (Å²) < 4.78 is 0. The smallest absolute Gasteiger partial charge is 0.161 e. The van der Waals surface area contributed by atoms with Crippen LogP contribution in [0.3, 0.4) is 0 Å². The van der Waals surface area contributed by atoms with Crippen LogP contribution in [0.5, 0.6) is 0 Å². The summed E-state index contributed by atoms with van der Waals surface area (Å²) in [6.45, 7) is 6.65. The molecule has 3 rings (SSSR count). The largest absolute Gasteiger partial charge is 0.233 e. The SMILES string of the molecule is CC(C)(C)c1ccc(-c2nc(Cl)c3c(n2)CCCC3)cc1. The fraction of sp³-hybridized carbons (Fsp3) is 0.444. The number of benzene rings is 1. The van der Waals surface area contributed by atoms with E-state index in [9.17, 15) is 0 Å². The number of hydrogen-bond acceptors (Lipinski definition) is 2. The molecule has 0 spiro atoms. The molecule has 2 nitrogen and oxygen atoms in total. The molecular formula is C18H21ClN2. The molecule has 0 aliphatic heterocycles. The molecule has 0 atom stereocenters. The zero-order valence-electron chi connectivity index (χ0n) is 12.9. The molecule has 0 amide bonds. The molecule has 0 radical (unpaired) electrons. The Balaban J connectivity index is 1.99. The van der Waals surface area contributed by atoms with Gasteiger partial charge in [-0.1, -0.05) is 56.6 Å². The summed E-state index contributed by atoms with van der Waals surface area (Å²) in [6.07, 6.45) is 4.42. The van der Waals surface area contributed by atoms with Crippen molar-refractivity contribution < 1.29 is 0 Å². The van der Waals surface area contributed by atoms with Gasteiger partial charge in [-0.2, -0.15) is 0 Å². The first kappa shape index (κ1) is 14.5. The van der Waals surface area contributed by atoms with Gasteiger partial charge in [0.25, 0.3) is 0 Å². The minimum atomic E-state index is 0.160. The number of nitrogens with zero attached hydrogens (tertiary/aromatic N) is 2. The summed E-state index contributed by atoms with van der Waals surface area (Å²) in [6, 6.07) is 8.51. The van der Waals surface area contributed by atoms with Crippen molar-refractivity contribution >= 4 is 11.6 Å². The van der Waals surface area contributed by atoms with E-state index in [-0.39, 0.29) is 5.41 Å². The van der Waals surface area contributed by atoms with E-state index in [0.29, 0.717) is 5.15 Å². The molecule has 2 aromatic rings. The van der Waals surface area contributed by atoms with Crippen molar-refractivity contribution in [1.29, 1.82) is 0 Å². The maximum atomic E-state index is 6.35. The summed E-state index contributed by atoms with van der Waals surface area (Å²) >= 11 is 6.35. The number of rotatable bonds is 1. The Morgan fingerprint density at radius 2 is 1.62 bits per heavy atom. The third kappa shape index (κ3) is 2.96. The minimum absolute atomic E-state index is 0.160. The standard InChI is InChI=1S/C18H21ClN2/c1-18(2,3)13-10-8-12(9-11-13)17-20-15-7-5-4-6-14(15)16(19)21-17/h8-11H,4-7H2,1-3H3. The Morgan fingerprint density at radius 3 is 2.29 bits per heavy atom. The van der Waals surface area contributed by atoms with Crippen LogP contribution in [0.1, 0.15) is 50.4 Å². The average molecular weight is 301 g/mol. The number of halogens is 1. The molecule has 1 aromatic carbocycles. The van der Waals surface area contributed by atoms with E-state index >= 15 is 0 Å². The minimum Gasteiger partial charge on any atom is -0.233 e. The Kier molecular flexibility index (Phi) is 3.75. The first-order valence-corrected chi connectivity index (χ1v) is 7.99. The van der Waals surface area contributed by atoms with E-state index in [1.807, 2.05) is 0 Å². The zero-order valence-corrected chi connectivity index (χ0v) is 13.7. The maximum Gasteiger partial charge on any atom is 0.161 e. The van der Waals surface area contributed by atoms with Crippen LogP contribution >= 0.6 is 11.6 Å². The van der Waals surface area contributed by atoms with Gasteiger partial charge in [-0.25, -0.2) is 9.97 Å². The molecule has 0 N–H and O–H groups in total. The monoisotopic (exact) mass is 300 g/mol. The van der Waals surface area contributed by atoms with Crippen LogP contribution in [0.15, 0.2) is 24.3 Å². The third-order valence-electron chi connectivity index (χ3n) is 4.14. The first-order chi connectivity index (χ1) is 9.95. The van der Waals surface area contributed by atoms with Crippen molar-refractivity contribution in [2.75, 3.05) is 0 Å². The molecule has 110 valence electrons. The topological polar surface area (TPSA) is 25.8 Å². The molecule has 1 heterocycles. The fourth-order valence-corrected chi connectivity index (χ4v) is 3.08. The van der Waals surface area contributed by atoms with E-state index in [1.165, 1.54) is 18.4 Å². The van der Waals surface area contributed by atoms with Crippen LogP contribution in [-0.4, -0.2) is 9.97 Å². The second-order valence-electron chi connectivity index (χ2n) is 6.80. The van der Waals surface area contributed by atoms with Gasteiger partial charge >= 0.3 is 0 Å². The molecule has 21 heavy (non-hydrogen) atoms. The molecule has 1 aliphatic carbocycles. The second kappa shape index (κ2) is 5.42. The van der Waals surface area contributed by atoms with E-state index < -0.39 is 0 Å². The van der Waals surface area contributed by atoms with Crippen molar-refractivity contribution in [3.63, 3.8) is 0 Å². The average Bonchev–Trinajstić information content (AvgIpc) is 2.46. The molecule has 1 aromatic heterocycles. The molecule has 3 heteroatoms. The summed E-state index contributed by atoms with van der Waals surface area (Å²) in [5, 5.41) is 0.634. The van der Waals surface area contributed by atoms with Crippen molar-refractivity contribution in [3.05, 3.63) is 46.2 Å². The van der Waals surface area contributed by atoms with Gasteiger partial charge in [-0.3, -0.25) is 0 Å². The lowest BCUT2D eigenvalue weighted by Crippen LogP contribution is -2.11. The summed E-state index contributed by atoms with van der Waals surface area (Å²) in [7, 11) is 0. The van der Waals surface area contributed by atoms with E-state index in [2.05, 4.69) is 50.0 Å². The number of aromatic nitrogens is 2. The normalized spacial score (nSPS) is 14.9. The van der Waals surface area contributed by atoms with Gasteiger partial charge in [0.05, 0.1) is 0 Å². The lowest BCUT2D eigenvalue weighted by atomic mass is 9.86. The molecular weight excluding hydrogens is 280 g/mol. The van der Waals surface area contributed by atoms with Crippen LogP contribution in [0, 0.1) is 0 Å². The number of aryl methyl sites for hydroxylation is 1. The van der Waals surface area contributed by atoms with Gasteiger partial charge in [0.2, 0.25) is 0 Å². The molecule has 0 saturated carbocycles. The highest BCUT2D eigenvalue weighted by atomic mass is 35.5. The molecule has 1 aliphatic rings. The van der Waals surface area contributed by atoms with Crippen molar-refractivity contribution in [2.24, 2.45) is 0 Å². The molecule has 0 saturated heterocycles. The van der Waals surface area contributed by atoms with Gasteiger partial charge < -0.3 is 0 Å². The van der Waals surface area contributed by atoms with Gasteiger partial charge in [0, 0.05) is 16.8 Å². The summed E-state index contributed by atoms with van der Waals surface area (Å²) in [4.78, 5) is 9.24. The van der Waals surface area contributed by atoms with E-state index in [0.717, 1.165) is 35.5 Å². The maximum absolute atomic E-state index is 6.35. The predicted molar refractivity (Wildman–Crippen MR) is 87.8 cm³/mol. The molecule has 0 fully saturated rings. The Morgan fingerprint density at radius 1 is 0.952 bits per heavy atom. The van der Waals surface area contributed by atoms with Crippen LogP contribution < -0.4 is 0 Å². The molecule has 0 bridgehead atoms. The number of fused-ring (bicyclic) bond motifs is 1. The van der Waals surface area contributed by atoms with Gasteiger partial charge in [-0.05, 0) is 36.7 Å². The fourth-order valence-electron chi connectivity index (χ4n) is 2.80. The van der Waals surface area contributed by atoms with Crippen molar-refractivity contribution in [2.45, 2.75) is 51.9 Å². The predicted octanol–water partition coefficient (Wildman–Crippen LogP) is 4.97. The van der Waals surface area contributed by atoms with Crippen LogP contribution in [0.25, 0.3) is 11.4 Å². The quantitative estimate of drug-likeness (QED) is 0.695. The summed E-state index contributed by atoms with van der Waals surface area (Å²) in [5.74, 6) is 0.751. The highest BCUT2D eigenvalue weighted by Crippen LogP contribution is 2.29. The van der Waals surface area contributed by atoms with Crippen LogP contribution in [0.4, 0.5) is 0 Å². The van der Waals surface area contributed by atoms with Crippen LogP contribution in [-0.2, 0) is 18.3 Å². The Hall–Kier alpha value is -1.41. The summed E-state index contributed by atoms with van der Waals surface area (Å²) in [5.41, 5.74) is 4.80. The van der Waals surface area contributed by atoms with Crippen molar-refractivity contribution in [3.8, 4) is 11.4 Å². The van der Waals surface area contributed by atoms with Crippen molar-refractivity contribution in [1.82, 2.24) is 9.97 Å². The number of hydrogen-bond donors (Lipinski definition) is 0. The van der Waals surface area contributed by atoms with Gasteiger partial charge in [0.15, 0.2) is 5.82 Å². The second-order valence-corrected chi connectivity index (χ2v) is 7.16. The Bertz CT molecular complexity index is 654. The highest BCUT2D eigenvalue weighted by molar-refractivity contribution is 6.30. The first-order valence-electron chi connectivity index (χ1n) is 7.61. The lowest BCUT2D eigenvalue weighted by Gasteiger charge is -2.19.